The van der Waals surface area contributed by atoms with E-state index in [9.17, 15) is 15.0 Å². The van der Waals surface area contributed by atoms with Crippen molar-refractivity contribution < 1.29 is 19.7 Å². The number of likely N-dealkylation sites (tertiary alicyclic amines) is 1. The monoisotopic (exact) mass is 444 g/mol. The van der Waals surface area contributed by atoms with Gasteiger partial charge in [-0.15, -0.1) is 0 Å². The third kappa shape index (κ3) is 3.75. The number of carbonyl (C=O) groups excluding carboxylic acids is 1. The summed E-state index contributed by atoms with van der Waals surface area (Å²) in [4.78, 5) is 23.7. The van der Waals surface area contributed by atoms with Crippen molar-refractivity contribution in [3.63, 3.8) is 0 Å². The first-order chi connectivity index (χ1) is 15.4. The van der Waals surface area contributed by atoms with E-state index in [1.54, 1.807) is 4.57 Å². The molecule has 0 aromatic carbocycles. The molecule has 4 atom stereocenters. The molecule has 5 N–H and O–H groups in total. The first-order valence-corrected chi connectivity index (χ1v) is 11.6. The van der Waals surface area contributed by atoms with E-state index in [0.29, 0.717) is 17.4 Å². The second-order valence-electron chi connectivity index (χ2n) is 9.45. The number of amides is 1. The van der Waals surface area contributed by atoms with E-state index < -0.39 is 30.4 Å². The summed E-state index contributed by atoms with van der Waals surface area (Å²) in [5.74, 6) is 0.342. The number of anilines is 1. The number of hydrogen-bond acceptors (Lipinski definition) is 8. The summed E-state index contributed by atoms with van der Waals surface area (Å²) in [6.07, 6.45) is 4.73. The number of fused-ring (bicyclic) bond motifs is 1. The van der Waals surface area contributed by atoms with Crippen LogP contribution in [0.4, 0.5) is 5.82 Å². The zero-order chi connectivity index (χ0) is 22.4. The molecule has 5 rings (SSSR count). The molecule has 3 aliphatic rings. The molecular weight excluding hydrogens is 412 g/mol. The van der Waals surface area contributed by atoms with Gasteiger partial charge in [-0.3, -0.25) is 4.79 Å². The largest absolute Gasteiger partial charge is 0.387 e. The predicted octanol–water partition coefficient (Wildman–Crippen LogP) is 0.501. The molecule has 1 saturated carbocycles. The smallest absolute Gasteiger partial charge is 0.252 e. The first-order valence-electron chi connectivity index (χ1n) is 11.6. The lowest BCUT2D eigenvalue weighted by Gasteiger charge is -2.30. The molecule has 4 heterocycles. The molecule has 2 aromatic heterocycles. The molecule has 10 heteroatoms. The van der Waals surface area contributed by atoms with Gasteiger partial charge >= 0.3 is 0 Å². The van der Waals surface area contributed by atoms with E-state index in [1.165, 1.54) is 6.33 Å². The SMILES string of the molecule is CN1CCC(NC(=O)[C@H]2O[C@@H](n3cc(C4CCCC4)c4c(N)ncnc43)[C@H](O)[C@@H]2O)CC1. The van der Waals surface area contributed by atoms with Gasteiger partial charge in [0.15, 0.2) is 12.3 Å². The number of nitrogens with one attached hydrogen (secondary N) is 1. The number of rotatable bonds is 4. The van der Waals surface area contributed by atoms with Crippen LogP contribution < -0.4 is 11.1 Å². The highest BCUT2D eigenvalue weighted by Gasteiger charge is 2.48. The Kier molecular flexibility index (Phi) is 5.79. The molecule has 0 radical (unpaired) electrons. The Morgan fingerprint density at radius 1 is 1.16 bits per heavy atom. The summed E-state index contributed by atoms with van der Waals surface area (Å²) in [5, 5.41) is 25.2. The van der Waals surface area contributed by atoms with Crippen LogP contribution in [-0.4, -0.2) is 80.0 Å². The van der Waals surface area contributed by atoms with E-state index >= 15 is 0 Å². The van der Waals surface area contributed by atoms with Crippen LogP contribution in [0.2, 0.25) is 0 Å². The number of nitrogen functional groups attached to an aromatic ring is 1. The molecule has 2 aliphatic heterocycles. The van der Waals surface area contributed by atoms with Gasteiger partial charge < -0.3 is 35.5 Å². The Hall–Kier alpha value is -2.27. The van der Waals surface area contributed by atoms with Gasteiger partial charge in [0.05, 0.1) is 5.39 Å². The maximum atomic E-state index is 12.9. The molecule has 0 unspecified atom stereocenters. The Labute approximate surface area is 186 Å². The number of aliphatic hydroxyl groups excluding tert-OH is 2. The molecule has 1 amide bonds. The molecule has 174 valence electrons. The lowest BCUT2D eigenvalue weighted by molar-refractivity contribution is -0.138. The van der Waals surface area contributed by atoms with Gasteiger partial charge in [-0.05, 0) is 57.3 Å². The summed E-state index contributed by atoms with van der Waals surface area (Å²) in [7, 11) is 2.06. The Morgan fingerprint density at radius 3 is 2.59 bits per heavy atom. The maximum absolute atomic E-state index is 12.9. The number of aliphatic hydroxyl groups is 2. The lowest BCUT2D eigenvalue weighted by atomic mass is 9.98. The van der Waals surface area contributed by atoms with Crippen LogP contribution in [0.15, 0.2) is 12.5 Å². The Bertz CT molecular complexity index is 982. The maximum Gasteiger partial charge on any atom is 0.252 e. The predicted molar refractivity (Wildman–Crippen MR) is 118 cm³/mol. The summed E-state index contributed by atoms with van der Waals surface area (Å²) in [6, 6.07) is 0.0413. The van der Waals surface area contributed by atoms with Gasteiger partial charge in [-0.2, -0.15) is 0 Å². The number of aromatic nitrogens is 3. The zero-order valence-corrected chi connectivity index (χ0v) is 18.4. The normalized spacial score (nSPS) is 30.3. The number of ether oxygens (including phenoxy) is 1. The summed E-state index contributed by atoms with van der Waals surface area (Å²) < 4.78 is 7.67. The van der Waals surface area contributed by atoms with Crippen LogP contribution in [0, 0.1) is 0 Å². The second kappa shape index (κ2) is 8.58. The number of hydrogen-bond donors (Lipinski definition) is 4. The van der Waals surface area contributed by atoms with Crippen molar-refractivity contribution in [2.24, 2.45) is 0 Å². The fraction of sp³-hybridized carbons (Fsp3) is 0.682. The van der Waals surface area contributed by atoms with Crippen molar-refractivity contribution in [3.05, 3.63) is 18.1 Å². The molecule has 3 fully saturated rings. The molecule has 0 bridgehead atoms. The number of carbonyl (C=O) groups is 1. The van der Waals surface area contributed by atoms with Gasteiger partial charge in [-0.25, -0.2) is 9.97 Å². The first kappa shape index (κ1) is 21.6. The minimum Gasteiger partial charge on any atom is -0.387 e. The van der Waals surface area contributed by atoms with Crippen molar-refractivity contribution >= 4 is 22.8 Å². The average Bonchev–Trinajstić information content (AvgIpc) is 3.49. The Morgan fingerprint density at radius 2 is 1.88 bits per heavy atom. The zero-order valence-electron chi connectivity index (χ0n) is 18.4. The topological polar surface area (TPSA) is 139 Å². The highest BCUT2D eigenvalue weighted by Crippen LogP contribution is 2.42. The third-order valence-corrected chi connectivity index (χ3v) is 7.30. The van der Waals surface area contributed by atoms with Gasteiger partial charge in [0.2, 0.25) is 0 Å². The highest BCUT2D eigenvalue weighted by atomic mass is 16.6. The standard InChI is InChI=1S/C22H32N6O4/c1-27-8-6-13(7-9-27)26-21(31)18-16(29)17(30)22(32-18)28-10-14(12-4-2-3-5-12)15-19(23)24-11-25-20(15)28/h10-13,16-18,22,29-30H,2-9H2,1H3,(H,26,31)(H2,23,24,25)/t16-,17+,18-,22+/m0/s1. The summed E-state index contributed by atoms with van der Waals surface area (Å²) >= 11 is 0. The van der Waals surface area contributed by atoms with E-state index in [0.717, 1.165) is 62.6 Å². The van der Waals surface area contributed by atoms with Crippen molar-refractivity contribution in [1.82, 2.24) is 24.8 Å². The molecule has 2 aromatic rings. The van der Waals surface area contributed by atoms with Crippen LogP contribution in [-0.2, 0) is 9.53 Å². The third-order valence-electron chi connectivity index (χ3n) is 7.30. The van der Waals surface area contributed by atoms with E-state index in [-0.39, 0.29) is 6.04 Å². The van der Waals surface area contributed by atoms with Crippen LogP contribution in [0.3, 0.4) is 0 Å². The summed E-state index contributed by atoms with van der Waals surface area (Å²) in [6.45, 7) is 1.81. The van der Waals surface area contributed by atoms with E-state index in [4.69, 9.17) is 10.5 Å². The van der Waals surface area contributed by atoms with Gasteiger partial charge in [0, 0.05) is 12.2 Å². The van der Waals surface area contributed by atoms with Crippen molar-refractivity contribution in [2.45, 2.75) is 75.0 Å². The molecule has 10 nitrogen and oxygen atoms in total. The van der Waals surface area contributed by atoms with Gasteiger partial charge in [-0.1, -0.05) is 12.8 Å². The van der Waals surface area contributed by atoms with Crippen molar-refractivity contribution in [2.75, 3.05) is 25.9 Å². The Balaban J connectivity index is 1.40. The lowest BCUT2D eigenvalue weighted by Crippen LogP contribution is -2.49. The van der Waals surface area contributed by atoms with Crippen molar-refractivity contribution in [3.8, 4) is 0 Å². The number of nitrogens with zero attached hydrogens (tertiary/aromatic N) is 4. The van der Waals surface area contributed by atoms with Crippen LogP contribution in [0.25, 0.3) is 11.0 Å². The minimum atomic E-state index is -1.34. The highest BCUT2D eigenvalue weighted by molar-refractivity contribution is 5.90. The second-order valence-corrected chi connectivity index (χ2v) is 9.45. The fourth-order valence-electron chi connectivity index (χ4n) is 5.42. The number of nitrogens with two attached hydrogens (primary N) is 1. The van der Waals surface area contributed by atoms with Crippen LogP contribution in [0.5, 0.6) is 0 Å². The van der Waals surface area contributed by atoms with Crippen LogP contribution in [0.1, 0.15) is 56.2 Å². The van der Waals surface area contributed by atoms with E-state index in [2.05, 4.69) is 27.2 Å². The van der Waals surface area contributed by atoms with Crippen molar-refractivity contribution in [1.29, 1.82) is 0 Å². The molecule has 1 aliphatic carbocycles. The molecule has 32 heavy (non-hydrogen) atoms. The quantitative estimate of drug-likeness (QED) is 0.535. The van der Waals surface area contributed by atoms with Gasteiger partial charge in [0.1, 0.15) is 30.0 Å². The molecule has 0 spiro atoms. The number of piperidine rings is 1. The fourth-order valence-corrected chi connectivity index (χ4v) is 5.42. The molecular formula is C22H32N6O4. The van der Waals surface area contributed by atoms with E-state index in [1.807, 2.05) is 6.20 Å². The minimum absolute atomic E-state index is 0.0413. The average molecular weight is 445 g/mol. The summed E-state index contributed by atoms with van der Waals surface area (Å²) in [5.41, 5.74) is 7.79. The molecule has 2 saturated heterocycles. The van der Waals surface area contributed by atoms with Gasteiger partial charge in [0.25, 0.3) is 5.91 Å². The van der Waals surface area contributed by atoms with Crippen LogP contribution >= 0.6 is 0 Å².